The number of ether oxygens (including phenoxy) is 1. The number of nitrogens with zero attached hydrogens (tertiary/aromatic N) is 4. The molecule has 0 aromatic carbocycles. The summed E-state index contributed by atoms with van der Waals surface area (Å²) in [6.07, 6.45) is 5.12. The summed E-state index contributed by atoms with van der Waals surface area (Å²) in [7, 11) is 2.09. The summed E-state index contributed by atoms with van der Waals surface area (Å²) in [5.41, 5.74) is 1.05. The Labute approximate surface area is 123 Å². The molecule has 20 heavy (non-hydrogen) atoms. The fraction of sp³-hybridized carbons (Fsp3) is 0.867. The van der Waals surface area contributed by atoms with Gasteiger partial charge in [0.1, 0.15) is 0 Å². The molecule has 1 heterocycles. The predicted octanol–water partition coefficient (Wildman–Crippen LogP) is 2.57. The lowest BCUT2D eigenvalue weighted by atomic mass is 10.1. The highest BCUT2D eigenvalue weighted by Gasteiger charge is 2.06. The third-order valence-corrected chi connectivity index (χ3v) is 3.40. The maximum absolute atomic E-state index is 5.61. The maximum Gasteiger partial charge on any atom is 0.0946 e. The van der Waals surface area contributed by atoms with E-state index in [-0.39, 0.29) is 0 Å². The smallest absolute Gasteiger partial charge is 0.0946 e. The van der Waals surface area contributed by atoms with Crippen LogP contribution in [-0.2, 0) is 17.8 Å². The molecule has 5 heteroatoms. The zero-order valence-electron chi connectivity index (χ0n) is 13.7. The van der Waals surface area contributed by atoms with Crippen LogP contribution in [0.2, 0.25) is 0 Å². The van der Waals surface area contributed by atoms with Crippen molar-refractivity contribution in [1.82, 2.24) is 19.9 Å². The van der Waals surface area contributed by atoms with E-state index < -0.39 is 0 Å². The molecular weight excluding hydrogens is 252 g/mol. The molecule has 0 saturated carbocycles. The lowest BCUT2D eigenvalue weighted by Gasteiger charge is -2.19. The normalized spacial score (nSPS) is 12.0. The molecule has 0 spiro atoms. The molecule has 0 aliphatic rings. The highest BCUT2D eigenvalue weighted by Crippen LogP contribution is 2.03. The van der Waals surface area contributed by atoms with Crippen LogP contribution in [0, 0.1) is 5.92 Å². The molecule has 5 nitrogen and oxygen atoms in total. The third kappa shape index (κ3) is 7.01. The molecule has 0 radical (unpaired) electrons. The van der Waals surface area contributed by atoms with Crippen LogP contribution in [-0.4, -0.2) is 46.2 Å². The Balaban J connectivity index is 2.17. The van der Waals surface area contributed by atoms with Crippen molar-refractivity contribution in [2.24, 2.45) is 5.92 Å². The van der Waals surface area contributed by atoms with E-state index in [9.17, 15) is 0 Å². The van der Waals surface area contributed by atoms with Gasteiger partial charge in [0.25, 0.3) is 0 Å². The molecule has 1 aromatic heterocycles. The molecule has 1 rings (SSSR count). The summed E-state index contributed by atoms with van der Waals surface area (Å²) in [6.45, 7) is 11.2. The van der Waals surface area contributed by atoms with Gasteiger partial charge < -0.3 is 4.74 Å². The average Bonchev–Trinajstić information content (AvgIpc) is 2.80. The molecule has 0 saturated heterocycles. The van der Waals surface area contributed by atoms with Gasteiger partial charge in [-0.25, -0.2) is 4.68 Å². The van der Waals surface area contributed by atoms with Crippen molar-refractivity contribution >= 4 is 0 Å². The average molecular weight is 282 g/mol. The molecule has 0 bridgehead atoms. The van der Waals surface area contributed by atoms with Crippen molar-refractivity contribution in [3.8, 4) is 0 Å². The Hall–Kier alpha value is -0.940. The molecule has 0 atom stereocenters. The van der Waals surface area contributed by atoms with Gasteiger partial charge in [0, 0.05) is 25.5 Å². The number of rotatable bonds is 10. The number of aromatic nitrogens is 3. The highest BCUT2D eigenvalue weighted by atomic mass is 16.5. The van der Waals surface area contributed by atoms with Crippen molar-refractivity contribution in [2.75, 3.05) is 20.3 Å². The van der Waals surface area contributed by atoms with Crippen molar-refractivity contribution in [1.29, 1.82) is 0 Å². The minimum Gasteiger partial charge on any atom is -0.381 e. The quantitative estimate of drug-likeness (QED) is 0.619. The van der Waals surface area contributed by atoms with E-state index in [1.165, 1.54) is 0 Å². The Morgan fingerprint density at radius 3 is 2.65 bits per heavy atom. The van der Waals surface area contributed by atoms with E-state index in [2.05, 4.69) is 50.0 Å². The van der Waals surface area contributed by atoms with Crippen LogP contribution in [0.3, 0.4) is 0 Å². The molecule has 0 aliphatic carbocycles. The van der Waals surface area contributed by atoms with Gasteiger partial charge >= 0.3 is 0 Å². The number of aryl methyl sites for hydroxylation is 1. The first-order valence-electron chi connectivity index (χ1n) is 7.66. The van der Waals surface area contributed by atoms with Crippen LogP contribution in [0.5, 0.6) is 0 Å². The zero-order valence-corrected chi connectivity index (χ0v) is 13.7. The van der Waals surface area contributed by atoms with Crippen LogP contribution < -0.4 is 0 Å². The zero-order chi connectivity index (χ0) is 15.0. The summed E-state index contributed by atoms with van der Waals surface area (Å²) < 4.78 is 7.50. The lowest BCUT2D eigenvalue weighted by molar-refractivity contribution is 0.121. The Kier molecular flexibility index (Phi) is 7.77. The fourth-order valence-electron chi connectivity index (χ4n) is 1.69. The van der Waals surface area contributed by atoms with E-state index in [4.69, 9.17) is 4.74 Å². The van der Waals surface area contributed by atoms with E-state index in [1.54, 1.807) is 0 Å². The van der Waals surface area contributed by atoms with Crippen molar-refractivity contribution in [3.63, 3.8) is 0 Å². The Bertz CT molecular complexity index is 363. The van der Waals surface area contributed by atoms with Gasteiger partial charge in [-0.2, -0.15) is 0 Å². The molecule has 0 N–H and O–H groups in total. The molecule has 1 aromatic rings. The maximum atomic E-state index is 5.61. The first kappa shape index (κ1) is 17.1. The fourth-order valence-corrected chi connectivity index (χ4v) is 1.69. The van der Waals surface area contributed by atoms with Gasteiger partial charge in [0.15, 0.2) is 0 Å². The molecule has 0 aliphatic heterocycles. The van der Waals surface area contributed by atoms with E-state index >= 15 is 0 Å². The summed E-state index contributed by atoms with van der Waals surface area (Å²) >= 11 is 0. The third-order valence-electron chi connectivity index (χ3n) is 3.40. The van der Waals surface area contributed by atoms with Crippen molar-refractivity contribution in [3.05, 3.63) is 11.9 Å². The summed E-state index contributed by atoms with van der Waals surface area (Å²) in [4.78, 5) is 2.23. The van der Waals surface area contributed by atoms with E-state index in [0.717, 1.165) is 44.8 Å². The van der Waals surface area contributed by atoms with Gasteiger partial charge in [0.05, 0.1) is 12.4 Å². The van der Waals surface area contributed by atoms with Crippen LogP contribution in [0.25, 0.3) is 0 Å². The van der Waals surface area contributed by atoms with Crippen LogP contribution in [0.4, 0.5) is 0 Å². The number of hydrogen-bond donors (Lipinski definition) is 0. The topological polar surface area (TPSA) is 43.2 Å². The summed E-state index contributed by atoms with van der Waals surface area (Å²) in [5.74, 6) is 0.716. The Morgan fingerprint density at radius 2 is 2.00 bits per heavy atom. The van der Waals surface area contributed by atoms with Gasteiger partial charge in [-0.15, -0.1) is 5.10 Å². The minimum absolute atomic E-state index is 0.511. The molecule has 116 valence electrons. The molecular formula is C15H30N4O. The second kappa shape index (κ2) is 9.08. The van der Waals surface area contributed by atoms with Crippen molar-refractivity contribution < 1.29 is 4.74 Å². The van der Waals surface area contributed by atoms with E-state index in [0.29, 0.717) is 12.0 Å². The highest BCUT2D eigenvalue weighted by molar-refractivity contribution is 4.92. The van der Waals surface area contributed by atoms with Crippen molar-refractivity contribution in [2.45, 2.75) is 59.7 Å². The number of hydrogen-bond acceptors (Lipinski definition) is 4. The van der Waals surface area contributed by atoms with Gasteiger partial charge in [-0.3, -0.25) is 4.90 Å². The monoisotopic (exact) mass is 282 g/mol. The minimum atomic E-state index is 0.511. The Morgan fingerprint density at radius 1 is 1.25 bits per heavy atom. The summed E-state index contributed by atoms with van der Waals surface area (Å²) in [5, 5.41) is 8.37. The second-order valence-corrected chi connectivity index (χ2v) is 6.14. The predicted molar refractivity (Wildman–Crippen MR) is 81.5 cm³/mol. The van der Waals surface area contributed by atoms with Gasteiger partial charge in [-0.05, 0) is 46.1 Å². The van der Waals surface area contributed by atoms with Crippen LogP contribution >= 0.6 is 0 Å². The first-order valence-corrected chi connectivity index (χ1v) is 7.66. The van der Waals surface area contributed by atoms with Crippen LogP contribution in [0.15, 0.2) is 6.20 Å². The molecule has 0 amide bonds. The largest absolute Gasteiger partial charge is 0.381 e. The van der Waals surface area contributed by atoms with E-state index in [1.807, 2.05) is 10.9 Å². The lowest BCUT2D eigenvalue weighted by Crippen LogP contribution is -2.28. The molecule has 0 unspecified atom stereocenters. The second-order valence-electron chi connectivity index (χ2n) is 6.14. The first-order chi connectivity index (χ1) is 9.49. The van der Waals surface area contributed by atoms with Gasteiger partial charge in [-0.1, -0.05) is 19.1 Å². The summed E-state index contributed by atoms with van der Waals surface area (Å²) in [6, 6.07) is 0.511. The molecule has 0 fully saturated rings. The standard InChI is InChI=1S/C15H30N4O/c1-13(2)8-10-20-9-6-7-15-11-19(17-16-15)12-18(5)14(3)4/h11,13-14H,6-10,12H2,1-5H3. The van der Waals surface area contributed by atoms with Crippen LogP contribution in [0.1, 0.15) is 46.2 Å². The SMILES string of the molecule is CC(C)CCOCCCc1cn(CN(C)C(C)C)nn1. The van der Waals surface area contributed by atoms with Gasteiger partial charge in [0.2, 0.25) is 0 Å².